The monoisotopic (exact) mass is 307 g/mol. The van der Waals surface area contributed by atoms with E-state index in [1.807, 2.05) is 12.1 Å². The summed E-state index contributed by atoms with van der Waals surface area (Å²) in [6.07, 6.45) is 1.47. The normalized spacial score (nSPS) is 10.3. The molecule has 1 heterocycles. The quantitative estimate of drug-likeness (QED) is 0.695. The Kier molecular flexibility index (Phi) is 3.57. The summed E-state index contributed by atoms with van der Waals surface area (Å²) in [5, 5.41) is 8.43. The number of anilines is 1. The van der Waals surface area contributed by atoms with Crippen molar-refractivity contribution in [3.8, 4) is 0 Å². The third-order valence-electron chi connectivity index (χ3n) is 2.31. The molecule has 0 aliphatic rings. The Morgan fingerprint density at radius 1 is 1.50 bits per heavy atom. The number of rotatable bonds is 3. The first-order chi connectivity index (χ1) is 8.65. The molecule has 0 saturated carbocycles. The van der Waals surface area contributed by atoms with Gasteiger partial charge in [-0.05, 0) is 22.0 Å². The lowest BCUT2D eigenvalue weighted by atomic mass is 10.2. The van der Waals surface area contributed by atoms with Crippen LogP contribution in [-0.2, 0) is 4.74 Å². The lowest BCUT2D eigenvalue weighted by Crippen LogP contribution is -2.12. The van der Waals surface area contributed by atoms with Gasteiger partial charge >= 0.3 is 5.97 Å². The molecule has 0 saturated heterocycles. The van der Waals surface area contributed by atoms with Crippen LogP contribution in [0.15, 0.2) is 35.3 Å². The molecule has 0 aliphatic heterocycles. The summed E-state index contributed by atoms with van der Waals surface area (Å²) in [5.41, 5.74) is 6.79. The van der Waals surface area contributed by atoms with Crippen molar-refractivity contribution in [1.29, 1.82) is 0 Å². The smallest absolute Gasteiger partial charge is 0.361 e. The molecule has 0 fully saturated rings. The minimum Gasteiger partial charge on any atom is -0.457 e. The zero-order valence-electron chi connectivity index (χ0n) is 9.39. The van der Waals surface area contributed by atoms with Gasteiger partial charge in [-0.15, -0.1) is 10.2 Å². The van der Waals surface area contributed by atoms with Crippen molar-refractivity contribution >= 4 is 38.5 Å². The van der Waals surface area contributed by atoms with Gasteiger partial charge in [-0.1, -0.05) is 24.8 Å². The number of nitrogen functional groups attached to an aromatic ring is 1. The second-order valence-electron chi connectivity index (χ2n) is 3.49. The van der Waals surface area contributed by atoms with E-state index >= 15 is 0 Å². The molecule has 2 aromatic rings. The molecule has 2 N–H and O–H groups in total. The zero-order valence-corrected chi connectivity index (χ0v) is 11.0. The number of carbonyl (C=O) groups excluding carboxylic acids is 1. The number of carbonyl (C=O) groups is 1. The highest BCUT2D eigenvalue weighted by molar-refractivity contribution is 9.10. The van der Waals surface area contributed by atoms with Gasteiger partial charge in [0.05, 0.1) is 5.69 Å². The van der Waals surface area contributed by atoms with Gasteiger partial charge in [0.2, 0.25) is 0 Å². The van der Waals surface area contributed by atoms with Gasteiger partial charge in [-0.25, -0.2) is 4.79 Å². The second-order valence-corrected chi connectivity index (χ2v) is 4.34. The number of nitrogens with two attached hydrogens (primary N) is 1. The van der Waals surface area contributed by atoms with Crippen LogP contribution in [0.5, 0.6) is 0 Å². The van der Waals surface area contributed by atoms with Crippen LogP contribution in [0, 0.1) is 0 Å². The van der Waals surface area contributed by atoms with Crippen LogP contribution >= 0.6 is 15.9 Å². The standard InChI is InChI=1S/C12H10BrN3O2/c1-2-6-18-12(17)11-9(14)7-4-3-5-8(13)10(7)15-16-11/h2-5H,1,6H2,(H2,14,15). The number of nitrogens with zero attached hydrogens (tertiary/aromatic N) is 2. The predicted molar refractivity (Wildman–Crippen MR) is 72.1 cm³/mol. The number of ether oxygens (including phenoxy) is 1. The van der Waals surface area contributed by atoms with E-state index in [0.717, 1.165) is 4.47 Å². The highest BCUT2D eigenvalue weighted by Gasteiger charge is 2.17. The van der Waals surface area contributed by atoms with Crippen LogP contribution < -0.4 is 5.73 Å². The Labute approximate surface area is 112 Å². The van der Waals surface area contributed by atoms with Crippen LogP contribution in [-0.4, -0.2) is 22.8 Å². The molecule has 92 valence electrons. The van der Waals surface area contributed by atoms with Crippen molar-refractivity contribution in [3.05, 3.63) is 41.0 Å². The summed E-state index contributed by atoms with van der Waals surface area (Å²) < 4.78 is 5.65. The summed E-state index contributed by atoms with van der Waals surface area (Å²) in [6.45, 7) is 3.57. The number of fused-ring (bicyclic) bond motifs is 1. The van der Waals surface area contributed by atoms with Crippen LogP contribution in [0.25, 0.3) is 10.9 Å². The van der Waals surface area contributed by atoms with Gasteiger partial charge < -0.3 is 10.5 Å². The van der Waals surface area contributed by atoms with E-state index in [1.165, 1.54) is 6.08 Å². The molecule has 1 aromatic carbocycles. The molecule has 1 aromatic heterocycles. The largest absolute Gasteiger partial charge is 0.457 e. The number of aromatic nitrogens is 2. The van der Waals surface area contributed by atoms with Gasteiger partial charge in [-0.3, -0.25) is 0 Å². The minimum absolute atomic E-state index is 0.0162. The van der Waals surface area contributed by atoms with Gasteiger partial charge in [-0.2, -0.15) is 0 Å². The lowest BCUT2D eigenvalue weighted by molar-refractivity contribution is 0.0543. The van der Waals surface area contributed by atoms with Gasteiger partial charge in [0.15, 0.2) is 5.69 Å². The number of benzene rings is 1. The van der Waals surface area contributed by atoms with Crippen LogP contribution in [0.2, 0.25) is 0 Å². The Balaban J connectivity index is 2.51. The second kappa shape index (κ2) is 5.14. The predicted octanol–water partition coefficient (Wildman–Crippen LogP) is 2.32. The fourth-order valence-electron chi connectivity index (χ4n) is 1.47. The third-order valence-corrected chi connectivity index (χ3v) is 2.95. The van der Waals surface area contributed by atoms with E-state index < -0.39 is 5.97 Å². The van der Waals surface area contributed by atoms with Crippen molar-refractivity contribution in [2.24, 2.45) is 0 Å². The first-order valence-corrected chi connectivity index (χ1v) is 5.93. The average Bonchev–Trinajstić information content (AvgIpc) is 2.37. The Bertz CT molecular complexity index is 628. The Morgan fingerprint density at radius 2 is 2.28 bits per heavy atom. The molecule has 0 unspecified atom stereocenters. The molecule has 18 heavy (non-hydrogen) atoms. The summed E-state index contributed by atoms with van der Waals surface area (Å²) in [6, 6.07) is 5.41. The molecular weight excluding hydrogens is 298 g/mol. The molecule has 2 rings (SSSR count). The maximum absolute atomic E-state index is 11.7. The van der Waals surface area contributed by atoms with Gasteiger partial charge in [0.25, 0.3) is 0 Å². The Morgan fingerprint density at radius 3 is 3.00 bits per heavy atom. The number of hydrogen-bond donors (Lipinski definition) is 1. The molecule has 5 nitrogen and oxygen atoms in total. The van der Waals surface area contributed by atoms with Crippen molar-refractivity contribution in [2.75, 3.05) is 12.3 Å². The van der Waals surface area contributed by atoms with Crippen molar-refractivity contribution in [3.63, 3.8) is 0 Å². The highest BCUT2D eigenvalue weighted by atomic mass is 79.9. The molecule has 0 aliphatic carbocycles. The number of halogens is 1. The SMILES string of the molecule is C=CCOC(=O)c1nnc2c(Br)cccc2c1N. The maximum Gasteiger partial charge on any atom is 0.361 e. The van der Waals surface area contributed by atoms with Crippen molar-refractivity contribution < 1.29 is 9.53 Å². The van der Waals surface area contributed by atoms with Crippen LogP contribution in [0.4, 0.5) is 5.69 Å². The molecule has 0 spiro atoms. The summed E-state index contributed by atoms with van der Waals surface area (Å²) in [4.78, 5) is 11.7. The lowest BCUT2D eigenvalue weighted by Gasteiger charge is -2.07. The molecule has 0 atom stereocenters. The fraction of sp³-hybridized carbons (Fsp3) is 0.0833. The maximum atomic E-state index is 11.7. The van der Waals surface area contributed by atoms with Crippen molar-refractivity contribution in [2.45, 2.75) is 0 Å². The average molecular weight is 308 g/mol. The van der Waals surface area contributed by atoms with Gasteiger partial charge in [0, 0.05) is 9.86 Å². The van der Waals surface area contributed by atoms with E-state index in [-0.39, 0.29) is 18.0 Å². The van der Waals surface area contributed by atoms with Crippen LogP contribution in [0.3, 0.4) is 0 Å². The highest BCUT2D eigenvalue weighted by Crippen LogP contribution is 2.27. The van der Waals surface area contributed by atoms with E-state index in [4.69, 9.17) is 10.5 Å². The van der Waals surface area contributed by atoms with E-state index in [0.29, 0.717) is 10.9 Å². The molecule has 0 bridgehead atoms. The Hall–Kier alpha value is -1.95. The summed E-state index contributed by atoms with van der Waals surface area (Å²) in [5.74, 6) is -0.609. The fourth-order valence-corrected chi connectivity index (χ4v) is 1.91. The first-order valence-electron chi connectivity index (χ1n) is 5.13. The van der Waals surface area contributed by atoms with Gasteiger partial charge in [0.1, 0.15) is 12.1 Å². The van der Waals surface area contributed by atoms with E-state index in [2.05, 4.69) is 32.7 Å². The number of esters is 1. The molecule has 0 amide bonds. The molecule has 0 radical (unpaired) electrons. The minimum atomic E-state index is -0.609. The number of hydrogen-bond acceptors (Lipinski definition) is 5. The first kappa shape index (κ1) is 12.5. The summed E-state index contributed by atoms with van der Waals surface area (Å²) >= 11 is 3.35. The third kappa shape index (κ3) is 2.19. The zero-order chi connectivity index (χ0) is 13.1. The topological polar surface area (TPSA) is 78.1 Å². The van der Waals surface area contributed by atoms with E-state index in [1.54, 1.807) is 6.07 Å². The van der Waals surface area contributed by atoms with Crippen LogP contribution in [0.1, 0.15) is 10.5 Å². The van der Waals surface area contributed by atoms with Crippen molar-refractivity contribution in [1.82, 2.24) is 10.2 Å². The molecular formula is C12H10BrN3O2. The summed E-state index contributed by atoms with van der Waals surface area (Å²) in [7, 11) is 0. The molecule has 6 heteroatoms. The van der Waals surface area contributed by atoms with E-state index in [9.17, 15) is 4.79 Å².